The van der Waals surface area contributed by atoms with Gasteiger partial charge in [-0.2, -0.15) is 0 Å². The fourth-order valence-corrected chi connectivity index (χ4v) is 3.21. The maximum Gasteiger partial charge on any atom is 0.137 e. The summed E-state index contributed by atoms with van der Waals surface area (Å²) in [5.41, 5.74) is 7.87. The van der Waals surface area contributed by atoms with Gasteiger partial charge in [-0.05, 0) is 53.4 Å². The first-order valence-corrected chi connectivity index (χ1v) is 7.68. The number of aromatic amines is 1. The summed E-state index contributed by atoms with van der Waals surface area (Å²) in [6.07, 6.45) is 6.20. The van der Waals surface area contributed by atoms with Gasteiger partial charge in [0.1, 0.15) is 11.6 Å². The fraction of sp³-hybridized carbons (Fsp3) is 0.400. The van der Waals surface area contributed by atoms with Gasteiger partial charge in [0.05, 0.1) is 16.4 Å². The molecule has 0 amide bonds. The van der Waals surface area contributed by atoms with Crippen LogP contribution in [0.1, 0.15) is 37.4 Å². The van der Waals surface area contributed by atoms with Crippen LogP contribution < -0.4 is 5.73 Å². The lowest BCUT2D eigenvalue weighted by Crippen LogP contribution is -2.27. The maximum absolute atomic E-state index is 13.3. The van der Waals surface area contributed by atoms with Crippen LogP contribution in [0.5, 0.6) is 0 Å². The van der Waals surface area contributed by atoms with Crippen LogP contribution in [0, 0.1) is 5.82 Å². The van der Waals surface area contributed by atoms with Crippen molar-refractivity contribution in [3.05, 3.63) is 40.5 Å². The molecule has 2 aromatic rings. The topological polar surface area (TPSA) is 54.7 Å². The van der Waals surface area contributed by atoms with Crippen molar-refractivity contribution >= 4 is 15.9 Å². The Morgan fingerprint density at radius 2 is 2.20 bits per heavy atom. The van der Waals surface area contributed by atoms with Crippen molar-refractivity contribution in [2.24, 2.45) is 5.73 Å². The minimum atomic E-state index is -0.258. The minimum Gasteiger partial charge on any atom is -0.342 e. The molecule has 5 heteroatoms. The Kier molecular flexibility index (Phi) is 3.89. The maximum atomic E-state index is 13.3. The number of aromatic nitrogens is 2. The number of nitrogens with two attached hydrogens (primary N) is 1. The van der Waals surface area contributed by atoms with E-state index in [0.29, 0.717) is 10.4 Å². The molecule has 1 aromatic heterocycles. The van der Waals surface area contributed by atoms with Crippen molar-refractivity contribution < 1.29 is 4.39 Å². The monoisotopic (exact) mass is 337 g/mol. The van der Waals surface area contributed by atoms with E-state index in [-0.39, 0.29) is 11.9 Å². The molecule has 3 rings (SSSR count). The summed E-state index contributed by atoms with van der Waals surface area (Å²) in [5, 5.41) is 0. The molecule has 1 saturated carbocycles. The lowest BCUT2D eigenvalue weighted by atomic mass is 9.86. The third kappa shape index (κ3) is 2.79. The molecule has 3 N–H and O–H groups in total. The van der Waals surface area contributed by atoms with Crippen molar-refractivity contribution in [2.45, 2.75) is 37.6 Å². The van der Waals surface area contributed by atoms with Crippen molar-refractivity contribution in [3.63, 3.8) is 0 Å². The molecule has 0 spiro atoms. The molecule has 1 aliphatic carbocycles. The van der Waals surface area contributed by atoms with Gasteiger partial charge in [0.15, 0.2) is 0 Å². The summed E-state index contributed by atoms with van der Waals surface area (Å²) in [7, 11) is 0. The van der Waals surface area contributed by atoms with Crippen LogP contribution in [0.4, 0.5) is 4.39 Å². The molecule has 2 unspecified atom stereocenters. The molecule has 1 aromatic carbocycles. The van der Waals surface area contributed by atoms with Crippen molar-refractivity contribution in [1.29, 1.82) is 0 Å². The van der Waals surface area contributed by atoms with Crippen LogP contribution in [0.15, 0.2) is 28.9 Å². The minimum absolute atomic E-state index is 0.258. The van der Waals surface area contributed by atoms with Crippen molar-refractivity contribution in [2.75, 3.05) is 0 Å². The van der Waals surface area contributed by atoms with E-state index in [4.69, 9.17) is 5.73 Å². The van der Waals surface area contributed by atoms with Gasteiger partial charge in [-0.1, -0.05) is 6.42 Å². The Balaban J connectivity index is 1.84. The van der Waals surface area contributed by atoms with E-state index < -0.39 is 0 Å². The van der Waals surface area contributed by atoms with E-state index >= 15 is 0 Å². The third-order valence-electron chi connectivity index (χ3n) is 3.93. The molecule has 1 heterocycles. The zero-order chi connectivity index (χ0) is 14.1. The Morgan fingerprint density at radius 3 is 2.95 bits per heavy atom. The quantitative estimate of drug-likeness (QED) is 0.871. The van der Waals surface area contributed by atoms with E-state index in [1.165, 1.54) is 6.07 Å². The van der Waals surface area contributed by atoms with Gasteiger partial charge in [0.2, 0.25) is 0 Å². The Hall–Kier alpha value is -1.20. The zero-order valence-electron chi connectivity index (χ0n) is 11.1. The van der Waals surface area contributed by atoms with Crippen LogP contribution in [0.25, 0.3) is 11.3 Å². The number of imidazole rings is 1. The lowest BCUT2D eigenvalue weighted by Gasteiger charge is -2.24. The summed E-state index contributed by atoms with van der Waals surface area (Å²) < 4.78 is 13.7. The highest BCUT2D eigenvalue weighted by atomic mass is 79.9. The summed E-state index contributed by atoms with van der Waals surface area (Å²) in [5.74, 6) is 1.15. The Morgan fingerprint density at radius 1 is 1.35 bits per heavy atom. The largest absolute Gasteiger partial charge is 0.342 e. The summed E-state index contributed by atoms with van der Waals surface area (Å²) in [4.78, 5) is 7.84. The Labute approximate surface area is 125 Å². The van der Waals surface area contributed by atoms with E-state index in [1.807, 2.05) is 6.20 Å². The lowest BCUT2D eigenvalue weighted by molar-refractivity contribution is 0.383. The number of H-pyrrole nitrogens is 1. The summed E-state index contributed by atoms with van der Waals surface area (Å²) >= 11 is 3.21. The molecule has 1 fully saturated rings. The highest BCUT2D eigenvalue weighted by Crippen LogP contribution is 2.32. The zero-order valence-corrected chi connectivity index (χ0v) is 12.7. The van der Waals surface area contributed by atoms with Crippen molar-refractivity contribution in [1.82, 2.24) is 9.97 Å². The second-order valence-corrected chi connectivity index (χ2v) is 6.29. The fourth-order valence-electron chi connectivity index (χ4n) is 2.83. The highest BCUT2D eigenvalue weighted by Gasteiger charge is 2.23. The molecule has 0 saturated heterocycles. The molecular weight excluding hydrogens is 321 g/mol. The van der Waals surface area contributed by atoms with Gasteiger partial charge in [0.25, 0.3) is 0 Å². The van der Waals surface area contributed by atoms with E-state index in [2.05, 4.69) is 25.9 Å². The summed E-state index contributed by atoms with van der Waals surface area (Å²) in [6, 6.07) is 5.25. The van der Waals surface area contributed by atoms with Gasteiger partial charge in [-0.15, -0.1) is 0 Å². The number of rotatable bonds is 2. The van der Waals surface area contributed by atoms with Gasteiger partial charge >= 0.3 is 0 Å². The van der Waals surface area contributed by atoms with Crippen molar-refractivity contribution in [3.8, 4) is 11.3 Å². The molecule has 0 aliphatic heterocycles. The van der Waals surface area contributed by atoms with Crippen LogP contribution in [0.2, 0.25) is 0 Å². The van der Waals surface area contributed by atoms with E-state index in [1.54, 1.807) is 12.1 Å². The number of hydrogen-bond donors (Lipinski definition) is 2. The summed E-state index contributed by atoms with van der Waals surface area (Å²) in [6.45, 7) is 0. The number of nitrogens with one attached hydrogen (secondary N) is 1. The number of nitrogens with zero attached hydrogens (tertiary/aromatic N) is 1. The first-order valence-electron chi connectivity index (χ1n) is 6.89. The second kappa shape index (κ2) is 5.66. The van der Waals surface area contributed by atoms with Crippen LogP contribution in [0.3, 0.4) is 0 Å². The van der Waals surface area contributed by atoms with E-state index in [0.717, 1.165) is 42.8 Å². The second-order valence-electron chi connectivity index (χ2n) is 5.43. The molecule has 1 aliphatic rings. The van der Waals surface area contributed by atoms with Gasteiger partial charge in [-0.25, -0.2) is 9.37 Å². The SMILES string of the molecule is NC1CCCC(c2ncc(-c3ccc(F)c(Br)c3)[nH]2)C1. The number of hydrogen-bond acceptors (Lipinski definition) is 2. The smallest absolute Gasteiger partial charge is 0.137 e. The average molecular weight is 338 g/mol. The molecule has 20 heavy (non-hydrogen) atoms. The number of benzene rings is 1. The molecule has 106 valence electrons. The molecule has 0 radical (unpaired) electrons. The normalized spacial score (nSPS) is 22.9. The highest BCUT2D eigenvalue weighted by molar-refractivity contribution is 9.10. The van der Waals surface area contributed by atoms with Gasteiger partial charge < -0.3 is 10.7 Å². The molecule has 0 bridgehead atoms. The first kappa shape index (κ1) is 13.8. The molecule has 3 nitrogen and oxygen atoms in total. The standard InChI is InChI=1S/C15H17BrFN3/c16-12-7-9(4-5-13(12)17)14-8-19-15(20-14)10-2-1-3-11(18)6-10/h4-5,7-8,10-11H,1-3,6,18H2,(H,19,20). The number of halogens is 2. The average Bonchev–Trinajstić information content (AvgIpc) is 2.92. The molecular formula is C15H17BrFN3. The van der Waals surface area contributed by atoms with Gasteiger partial charge in [0, 0.05) is 17.5 Å². The van der Waals surface area contributed by atoms with Crippen LogP contribution >= 0.6 is 15.9 Å². The van der Waals surface area contributed by atoms with Crippen LogP contribution in [-0.2, 0) is 0 Å². The predicted molar refractivity (Wildman–Crippen MR) is 80.9 cm³/mol. The first-order chi connectivity index (χ1) is 9.63. The molecule has 2 atom stereocenters. The van der Waals surface area contributed by atoms with Crippen LogP contribution in [-0.4, -0.2) is 16.0 Å². The van der Waals surface area contributed by atoms with E-state index in [9.17, 15) is 4.39 Å². The Bertz CT molecular complexity index is 611. The predicted octanol–water partition coefficient (Wildman–Crippen LogP) is 3.96. The third-order valence-corrected chi connectivity index (χ3v) is 4.54. The van der Waals surface area contributed by atoms with Gasteiger partial charge in [-0.3, -0.25) is 0 Å².